The number of urea groups is 1. The fraction of sp³-hybridized carbons (Fsp3) is 0.200. The van der Waals surface area contributed by atoms with E-state index in [-0.39, 0.29) is 12.1 Å². The highest BCUT2D eigenvalue weighted by Gasteiger charge is 2.13. The molecule has 1 heterocycles. The normalized spacial score (nSPS) is 11.8. The summed E-state index contributed by atoms with van der Waals surface area (Å²) in [7, 11) is 0. The molecule has 0 fully saturated rings. The average Bonchev–Trinajstić information content (AvgIpc) is 2.94. The Morgan fingerprint density at radius 2 is 1.92 bits per heavy atom. The van der Waals surface area contributed by atoms with Crippen molar-refractivity contribution in [2.45, 2.75) is 26.8 Å². The smallest absolute Gasteiger partial charge is 0.319 e. The number of rotatable bonds is 4. The molecule has 0 spiro atoms. The molecule has 2 aromatic carbocycles. The lowest BCUT2D eigenvalue weighted by molar-refractivity contribution is 0.249. The van der Waals surface area contributed by atoms with Crippen LogP contribution in [0.15, 0.2) is 52.9 Å². The minimum Gasteiger partial charge on any atom is -0.441 e. The van der Waals surface area contributed by atoms with Gasteiger partial charge < -0.3 is 15.1 Å². The Morgan fingerprint density at radius 1 is 1.15 bits per heavy atom. The molecule has 1 aromatic heterocycles. The molecule has 3 rings (SSSR count). The molecule has 26 heavy (non-hydrogen) atoms. The van der Waals surface area contributed by atoms with Crippen LogP contribution in [0.3, 0.4) is 0 Å². The summed E-state index contributed by atoms with van der Waals surface area (Å²) in [5.41, 5.74) is 3.17. The van der Waals surface area contributed by atoms with Gasteiger partial charge in [0.15, 0.2) is 0 Å². The Bertz CT molecular complexity index is 917. The van der Waals surface area contributed by atoms with Gasteiger partial charge in [0.25, 0.3) is 0 Å². The van der Waals surface area contributed by atoms with Crippen molar-refractivity contribution in [2.75, 3.05) is 5.32 Å². The van der Waals surface area contributed by atoms with Crippen LogP contribution in [-0.4, -0.2) is 11.0 Å². The molecule has 0 aliphatic heterocycles. The van der Waals surface area contributed by atoms with E-state index in [4.69, 9.17) is 16.0 Å². The molecular formula is C20H20ClN3O2. The molecule has 0 bridgehead atoms. The van der Waals surface area contributed by atoms with E-state index in [1.807, 2.05) is 63.2 Å². The summed E-state index contributed by atoms with van der Waals surface area (Å²) in [5, 5.41) is 6.34. The Kier molecular flexibility index (Phi) is 5.28. The Balaban J connectivity index is 1.70. The Hall–Kier alpha value is -2.79. The number of oxazole rings is 1. The molecule has 3 aromatic rings. The van der Waals surface area contributed by atoms with Crippen molar-refractivity contribution in [3.63, 3.8) is 0 Å². The van der Waals surface area contributed by atoms with Gasteiger partial charge in [-0.25, -0.2) is 9.78 Å². The Labute approximate surface area is 157 Å². The summed E-state index contributed by atoms with van der Waals surface area (Å²) in [5.74, 6) is 1.32. The first kappa shape index (κ1) is 18.0. The zero-order chi connectivity index (χ0) is 18.7. The quantitative estimate of drug-likeness (QED) is 0.638. The molecule has 0 aliphatic carbocycles. The predicted octanol–water partition coefficient (Wildman–Crippen LogP) is 5.49. The lowest BCUT2D eigenvalue weighted by Gasteiger charge is -2.16. The standard InChI is InChI=1S/C20H20ClN3O2/c1-12-14(3)26-19(22-12)15-7-6-8-16(11-15)24-20(25)23-13(2)17-9-4-5-10-18(17)21/h4-11,13H,1-3H3,(H2,23,24,25). The number of hydrogen-bond donors (Lipinski definition) is 2. The summed E-state index contributed by atoms with van der Waals surface area (Å²) in [6.45, 7) is 5.65. The summed E-state index contributed by atoms with van der Waals surface area (Å²) in [6, 6.07) is 14.3. The van der Waals surface area contributed by atoms with Gasteiger partial charge in [-0.15, -0.1) is 0 Å². The molecule has 1 unspecified atom stereocenters. The van der Waals surface area contributed by atoms with Gasteiger partial charge in [0.05, 0.1) is 11.7 Å². The first-order chi connectivity index (χ1) is 12.4. The van der Waals surface area contributed by atoms with Crippen LogP contribution in [0.5, 0.6) is 0 Å². The van der Waals surface area contributed by atoms with E-state index >= 15 is 0 Å². The van der Waals surface area contributed by atoms with Crippen LogP contribution >= 0.6 is 11.6 Å². The molecule has 5 nitrogen and oxygen atoms in total. The zero-order valence-corrected chi connectivity index (χ0v) is 15.6. The van der Waals surface area contributed by atoms with Crippen LogP contribution in [-0.2, 0) is 0 Å². The second-order valence-electron chi connectivity index (χ2n) is 6.08. The number of nitrogens with one attached hydrogen (secondary N) is 2. The lowest BCUT2D eigenvalue weighted by atomic mass is 10.1. The number of carbonyl (C=O) groups is 1. The van der Waals surface area contributed by atoms with Gasteiger partial charge in [0, 0.05) is 16.3 Å². The molecule has 134 valence electrons. The van der Waals surface area contributed by atoms with E-state index in [2.05, 4.69) is 15.6 Å². The van der Waals surface area contributed by atoms with E-state index in [9.17, 15) is 4.79 Å². The number of hydrogen-bond acceptors (Lipinski definition) is 3. The minimum atomic E-state index is -0.311. The van der Waals surface area contributed by atoms with Crippen LogP contribution in [0, 0.1) is 13.8 Å². The van der Waals surface area contributed by atoms with Crippen molar-refractivity contribution in [1.29, 1.82) is 0 Å². The molecule has 6 heteroatoms. The number of nitrogens with zero attached hydrogens (tertiary/aromatic N) is 1. The van der Waals surface area contributed by atoms with Crippen LogP contribution < -0.4 is 10.6 Å². The van der Waals surface area contributed by atoms with Crippen LogP contribution in [0.2, 0.25) is 5.02 Å². The van der Waals surface area contributed by atoms with Crippen molar-refractivity contribution < 1.29 is 9.21 Å². The van der Waals surface area contributed by atoms with Crippen LogP contribution in [0.4, 0.5) is 10.5 Å². The molecule has 0 saturated heterocycles. The molecule has 2 N–H and O–H groups in total. The number of aromatic nitrogens is 1. The monoisotopic (exact) mass is 369 g/mol. The SMILES string of the molecule is Cc1nc(-c2cccc(NC(=O)NC(C)c3ccccc3Cl)c2)oc1C. The van der Waals surface area contributed by atoms with E-state index < -0.39 is 0 Å². The maximum Gasteiger partial charge on any atom is 0.319 e. The average molecular weight is 370 g/mol. The number of aryl methyl sites for hydroxylation is 2. The number of halogens is 1. The number of anilines is 1. The zero-order valence-electron chi connectivity index (χ0n) is 14.8. The third kappa shape index (κ3) is 4.06. The van der Waals surface area contributed by atoms with Crippen molar-refractivity contribution in [3.8, 4) is 11.5 Å². The van der Waals surface area contributed by atoms with Crippen molar-refractivity contribution in [1.82, 2.24) is 10.3 Å². The van der Waals surface area contributed by atoms with Gasteiger partial charge in [-0.1, -0.05) is 35.9 Å². The van der Waals surface area contributed by atoms with Crippen molar-refractivity contribution >= 4 is 23.3 Å². The second-order valence-corrected chi connectivity index (χ2v) is 6.49. The topological polar surface area (TPSA) is 67.2 Å². The third-order valence-electron chi connectivity index (χ3n) is 4.12. The van der Waals surface area contributed by atoms with Crippen molar-refractivity contribution in [2.24, 2.45) is 0 Å². The fourth-order valence-corrected chi connectivity index (χ4v) is 2.89. The van der Waals surface area contributed by atoms with E-state index in [1.165, 1.54) is 0 Å². The summed E-state index contributed by atoms with van der Waals surface area (Å²) in [6.07, 6.45) is 0. The molecule has 0 radical (unpaired) electrons. The highest BCUT2D eigenvalue weighted by atomic mass is 35.5. The number of benzene rings is 2. The lowest BCUT2D eigenvalue weighted by Crippen LogP contribution is -2.31. The Morgan fingerprint density at radius 3 is 2.62 bits per heavy atom. The minimum absolute atomic E-state index is 0.219. The number of amides is 2. The van der Waals surface area contributed by atoms with Gasteiger partial charge in [-0.3, -0.25) is 0 Å². The van der Waals surface area contributed by atoms with E-state index in [0.29, 0.717) is 16.6 Å². The van der Waals surface area contributed by atoms with Gasteiger partial charge in [0.1, 0.15) is 5.76 Å². The van der Waals surface area contributed by atoms with Gasteiger partial charge in [-0.2, -0.15) is 0 Å². The molecule has 2 amide bonds. The maximum absolute atomic E-state index is 12.3. The van der Waals surface area contributed by atoms with E-state index in [0.717, 1.165) is 22.6 Å². The summed E-state index contributed by atoms with van der Waals surface area (Å²) < 4.78 is 5.64. The third-order valence-corrected chi connectivity index (χ3v) is 4.46. The fourth-order valence-electron chi connectivity index (χ4n) is 2.59. The van der Waals surface area contributed by atoms with Crippen molar-refractivity contribution in [3.05, 3.63) is 70.6 Å². The second kappa shape index (κ2) is 7.62. The first-order valence-corrected chi connectivity index (χ1v) is 8.68. The molecule has 0 aliphatic rings. The van der Waals surface area contributed by atoms with Gasteiger partial charge in [0.2, 0.25) is 5.89 Å². The highest BCUT2D eigenvalue weighted by Crippen LogP contribution is 2.25. The van der Waals surface area contributed by atoms with Gasteiger partial charge >= 0.3 is 6.03 Å². The van der Waals surface area contributed by atoms with Crippen LogP contribution in [0.1, 0.15) is 30.0 Å². The summed E-state index contributed by atoms with van der Waals surface area (Å²) >= 11 is 6.18. The molecule has 1 atom stereocenters. The van der Waals surface area contributed by atoms with E-state index in [1.54, 1.807) is 6.07 Å². The first-order valence-electron chi connectivity index (χ1n) is 8.30. The number of carbonyl (C=O) groups excluding carboxylic acids is 1. The largest absolute Gasteiger partial charge is 0.441 e. The van der Waals surface area contributed by atoms with Gasteiger partial charge in [-0.05, 0) is 50.6 Å². The predicted molar refractivity (Wildman–Crippen MR) is 103 cm³/mol. The maximum atomic E-state index is 12.3. The summed E-state index contributed by atoms with van der Waals surface area (Å²) in [4.78, 5) is 16.7. The molecule has 0 saturated carbocycles. The highest BCUT2D eigenvalue weighted by molar-refractivity contribution is 6.31. The van der Waals surface area contributed by atoms with Crippen LogP contribution in [0.25, 0.3) is 11.5 Å². The molecular weight excluding hydrogens is 350 g/mol.